The Hall–Kier alpha value is -4.24. The molecule has 1 aliphatic rings. The van der Waals surface area contributed by atoms with Gasteiger partial charge >= 0.3 is 0 Å². The van der Waals surface area contributed by atoms with Crippen molar-refractivity contribution in [2.75, 3.05) is 36.5 Å². The molecule has 9 nitrogen and oxygen atoms in total. The van der Waals surface area contributed by atoms with Crippen molar-refractivity contribution >= 4 is 28.5 Å². The fraction of sp³-hybridized carbons (Fsp3) is 0.167. The second kappa shape index (κ2) is 8.36. The number of fused-ring (bicyclic) bond motifs is 1. The van der Waals surface area contributed by atoms with E-state index < -0.39 is 0 Å². The number of hydrogen-bond donors (Lipinski definition) is 1. The van der Waals surface area contributed by atoms with Gasteiger partial charge in [-0.2, -0.15) is 4.98 Å². The third-order valence-corrected chi connectivity index (χ3v) is 5.60. The summed E-state index contributed by atoms with van der Waals surface area (Å²) in [4.78, 5) is 15.7. The number of benzene rings is 2. The zero-order chi connectivity index (χ0) is 22.0. The molecule has 0 radical (unpaired) electrons. The number of nitrogens with one attached hydrogen (secondary N) is 1. The van der Waals surface area contributed by atoms with E-state index in [-0.39, 0.29) is 0 Å². The molecule has 0 unspecified atom stereocenters. The first kappa shape index (κ1) is 19.4. The molecule has 164 valence electrons. The number of morpholine rings is 1. The molecule has 33 heavy (non-hydrogen) atoms. The first-order valence-corrected chi connectivity index (χ1v) is 10.7. The van der Waals surface area contributed by atoms with Gasteiger partial charge in [0.2, 0.25) is 11.9 Å². The molecule has 4 heterocycles. The van der Waals surface area contributed by atoms with Crippen molar-refractivity contribution in [3.05, 3.63) is 73.6 Å². The monoisotopic (exact) mass is 439 g/mol. The lowest BCUT2D eigenvalue weighted by Gasteiger charge is -2.25. The van der Waals surface area contributed by atoms with Gasteiger partial charge in [0.15, 0.2) is 0 Å². The minimum absolute atomic E-state index is 0.537. The van der Waals surface area contributed by atoms with Gasteiger partial charge in [-0.3, -0.25) is 0 Å². The van der Waals surface area contributed by atoms with Gasteiger partial charge in [0.25, 0.3) is 0 Å². The van der Waals surface area contributed by atoms with Crippen LogP contribution >= 0.6 is 0 Å². The highest BCUT2D eigenvalue weighted by molar-refractivity contribution is 5.84. The summed E-state index contributed by atoms with van der Waals surface area (Å²) in [6.45, 7) is 3.02. The molecule has 0 bridgehead atoms. The van der Waals surface area contributed by atoms with Crippen LogP contribution < -0.4 is 10.2 Å². The number of nitrogens with zero attached hydrogens (tertiary/aromatic N) is 6. The topological polar surface area (TPSA) is 94.1 Å². The van der Waals surface area contributed by atoms with E-state index in [0.717, 1.165) is 52.4 Å². The minimum atomic E-state index is 0.537. The van der Waals surface area contributed by atoms with Crippen molar-refractivity contribution in [3.8, 4) is 16.8 Å². The number of hydrogen-bond acceptors (Lipinski definition) is 8. The summed E-state index contributed by atoms with van der Waals surface area (Å²) in [5, 5.41) is 8.86. The van der Waals surface area contributed by atoms with Crippen LogP contribution in [0.25, 0.3) is 27.7 Å². The quantitative estimate of drug-likeness (QED) is 0.438. The lowest BCUT2D eigenvalue weighted by atomic mass is 10.1. The summed E-state index contributed by atoms with van der Waals surface area (Å²) < 4.78 is 12.4. The van der Waals surface area contributed by atoms with Crippen molar-refractivity contribution in [2.24, 2.45) is 0 Å². The Bertz CT molecular complexity index is 1370. The molecule has 2 aromatic carbocycles. The lowest BCUT2D eigenvalue weighted by Crippen LogP contribution is -2.37. The van der Waals surface area contributed by atoms with Crippen LogP contribution in [-0.4, -0.2) is 51.0 Å². The number of furan rings is 1. The first-order valence-electron chi connectivity index (χ1n) is 10.7. The Morgan fingerprint density at radius 3 is 2.61 bits per heavy atom. The fourth-order valence-electron chi connectivity index (χ4n) is 3.81. The zero-order valence-corrected chi connectivity index (χ0v) is 17.8. The maximum Gasteiger partial charge on any atom is 0.245 e. The third kappa shape index (κ3) is 4.01. The molecular formula is C24H21N7O2. The highest BCUT2D eigenvalue weighted by atomic mass is 16.5. The summed E-state index contributed by atoms with van der Waals surface area (Å²) in [5.41, 5.74) is 4.75. The number of rotatable bonds is 5. The van der Waals surface area contributed by atoms with E-state index in [1.807, 2.05) is 54.7 Å². The second-order valence-electron chi connectivity index (χ2n) is 7.74. The van der Waals surface area contributed by atoms with Crippen LogP contribution in [0, 0.1) is 0 Å². The third-order valence-electron chi connectivity index (χ3n) is 5.60. The Morgan fingerprint density at radius 1 is 0.909 bits per heavy atom. The molecule has 1 saturated heterocycles. The molecular weight excluding hydrogens is 418 g/mol. The van der Waals surface area contributed by atoms with Crippen molar-refractivity contribution in [1.82, 2.24) is 24.7 Å². The summed E-state index contributed by atoms with van der Waals surface area (Å²) in [6.07, 6.45) is 6.94. The predicted molar refractivity (Wildman–Crippen MR) is 125 cm³/mol. The van der Waals surface area contributed by atoms with Crippen molar-refractivity contribution in [3.63, 3.8) is 0 Å². The van der Waals surface area contributed by atoms with Crippen LogP contribution in [0.3, 0.4) is 0 Å². The van der Waals surface area contributed by atoms with Crippen LogP contribution in [0.2, 0.25) is 0 Å². The molecule has 0 aliphatic carbocycles. The van der Waals surface area contributed by atoms with Gasteiger partial charge in [-0.25, -0.2) is 14.6 Å². The van der Waals surface area contributed by atoms with Gasteiger partial charge in [-0.05, 0) is 42.0 Å². The van der Waals surface area contributed by atoms with Crippen LogP contribution in [0.1, 0.15) is 0 Å². The molecule has 1 fully saturated rings. The van der Waals surface area contributed by atoms with Gasteiger partial charge in [-0.15, -0.1) is 5.10 Å². The SMILES string of the molecule is c1cc(-c2ccc3cnc(Nc4ccc(-n5cnc(N6CCOCC6)n5)cc4)nc3c2)co1. The molecule has 1 N–H and O–H groups in total. The van der Waals surface area contributed by atoms with Crippen LogP contribution in [-0.2, 0) is 4.74 Å². The maximum atomic E-state index is 5.40. The van der Waals surface area contributed by atoms with E-state index in [1.165, 1.54) is 0 Å². The standard InChI is InChI=1S/C24H21N7O2/c1-2-18-14-25-23(28-22(18)13-17(1)19-7-10-33-15-19)27-20-3-5-21(6-4-20)31-16-26-24(29-31)30-8-11-32-12-9-30/h1-7,10,13-16H,8-9,11-12H2,(H,25,27,28). The van der Waals surface area contributed by atoms with Crippen LogP contribution in [0.15, 0.2) is 78.0 Å². The molecule has 0 amide bonds. The Kier molecular flexibility index (Phi) is 4.93. The first-order chi connectivity index (χ1) is 16.3. The Balaban J connectivity index is 1.19. The molecule has 0 spiro atoms. The summed E-state index contributed by atoms with van der Waals surface area (Å²) >= 11 is 0. The van der Waals surface area contributed by atoms with Crippen molar-refractivity contribution < 1.29 is 9.15 Å². The molecule has 9 heteroatoms. The largest absolute Gasteiger partial charge is 0.472 e. The van der Waals surface area contributed by atoms with Crippen LogP contribution in [0.5, 0.6) is 0 Å². The van der Waals surface area contributed by atoms with Gasteiger partial charge in [0, 0.05) is 35.9 Å². The highest BCUT2D eigenvalue weighted by Crippen LogP contribution is 2.25. The lowest BCUT2D eigenvalue weighted by molar-refractivity contribution is 0.122. The van der Waals surface area contributed by atoms with Crippen LogP contribution in [0.4, 0.5) is 17.6 Å². The number of anilines is 3. The summed E-state index contributed by atoms with van der Waals surface area (Å²) in [5.74, 6) is 1.26. The Morgan fingerprint density at radius 2 is 1.79 bits per heavy atom. The van der Waals surface area contributed by atoms with E-state index in [9.17, 15) is 0 Å². The molecule has 6 rings (SSSR count). The molecule has 0 saturated carbocycles. The van der Waals surface area contributed by atoms with Gasteiger partial charge < -0.3 is 19.4 Å². The number of ether oxygens (including phenoxy) is 1. The molecule has 5 aromatic rings. The second-order valence-corrected chi connectivity index (χ2v) is 7.74. The maximum absolute atomic E-state index is 5.40. The van der Waals surface area contributed by atoms with Gasteiger partial charge in [0.1, 0.15) is 6.33 Å². The average molecular weight is 439 g/mol. The van der Waals surface area contributed by atoms with Gasteiger partial charge in [0.05, 0.1) is 36.9 Å². The van der Waals surface area contributed by atoms with E-state index >= 15 is 0 Å². The minimum Gasteiger partial charge on any atom is -0.472 e. The predicted octanol–water partition coefficient (Wildman–Crippen LogP) is 4.05. The van der Waals surface area contributed by atoms with E-state index in [2.05, 4.69) is 30.3 Å². The summed E-state index contributed by atoms with van der Waals surface area (Å²) in [6, 6.07) is 15.9. The van der Waals surface area contributed by atoms with E-state index in [1.54, 1.807) is 23.5 Å². The van der Waals surface area contributed by atoms with Crippen molar-refractivity contribution in [1.29, 1.82) is 0 Å². The average Bonchev–Trinajstić information content (AvgIpc) is 3.58. The normalized spacial score (nSPS) is 14.0. The van der Waals surface area contributed by atoms with Crippen molar-refractivity contribution in [2.45, 2.75) is 0 Å². The van der Waals surface area contributed by atoms with E-state index in [4.69, 9.17) is 9.15 Å². The molecule has 1 aliphatic heterocycles. The smallest absolute Gasteiger partial charge is 0.245 e. The zero-order valence-electron chi connectivity index (χ0n) is 17.8. The molecule has 0 atom stereocenters. The summed E-state index contributed by atoms with van der Waals surface area (Å²) in [7, 11) is 0. The van der Waals surface area contributed by atoms with E-state index in [0.29, 0.717) is 19.2 Å². The molecule has 3 aromatic heterocycles. The Labute approximate surface area is 189 Å². The fourth-order valence-corrected chi connectivity index (χ4v) is 3.81. The van der Waals surface area contributed by atoms with Gasteiger partial charge in [-0.1, -0.05) is 12.1 Å². The number of aromatic nitrogens is 5. The highest BCUT2D eigenvalue weighted by Gasteiger charge is 2.15.